The number of benzene rings is 2. The minimum absolute atomic E-state index is 0.102. The summed E-state index contributed by atoms with van der Waals surface area (Å²) in [5, 5.41) is 34.1. The summed E-state index contributed by atoms with van der Waals surface area (Å²) in [6.07, 6.45) is 1.39. The van der Waals surface area contributed by atoms with Crippen molar-refractivity contribution in [1.29, 1.82) is 5.26 Å². The maximum Gasteiger partial charge on any atom is 0.229 e. The van der Waals surface area contributed by atoms with Gasteiger partial charge in [-0.1, -0.05) is 12.1 Å². The van der Waals surface area contributed by atoms with Gasteiger partial charge in [-0.15, -0.1) is 0 Å². The van der Waals surface area contributed by atoms with Gasteiger partial charge in [-0.05, 0) is 24.3 Å². The summed E-state index contributed by atoms with van der Waals surface area (Å²) in [4.78, 5) is 8.35. The molecule has 7 heteroatoms. The number of hydrogen-bond donors (Lipinski definition) is 4. The highest BCUT2D eigenvalue weighted by molar-refractivity contribution is 5.65. The molecule has 0 aliphatic rings. The van der Waals surface area contributed by atoms with E-state index >= 15 is 0 Å². The lowest BCUT2D eigenvalue weighted by molar-refractivity contribution is 0.475. The van der Waals surface area contributed by atoms with Gasteiger partial charge in [0, 0.05) is 23.5 Å². The maximum atomic E-state index is 9.52. The number of rotatable bonds is 4. The largest absolute Gasteiger partial charge is 0.508 e. The number of phenols is 2. The van der Waals surface area contributed by atoms with Gasteiger partial charge in [-0.25, -0.2) is 4.98 Å². The molecule has 4 N–H and O–H groups in total. The van der Waals surface area contributed by atoms with Crippen LogP contribution in [0.2, 0.25) is 0 Å². The van der Waals surface area contributed by atoms with Gasteiger partial charge < -0.3 is 20.8 Å². The Hall–Kier alpha value is -3.79. The van der Waals surface area contributed by atoms with Crippen molar-refractivity contribution >= 4 is 23.1 Å². The third kappa shape index (κ3) is 3.51. The SMILES string of the molecule is N#Cc1cnc(Nc2cccc(O)c2)nc1Nc1cccc(O)c1. The highest BCUT2D eigenvalue weighted by Crippen LogP contribution is 2.24. The second-order valence-corrected chi connectivity index (χ2v) is 4.92. The molecular formula is C17H13N5O2. The van der Waals surface area contributed by atoms with Crippen molar-refractivity contribution < 1.29 is 10.2 Å². The number of aromatic nitrogens is 2. The summed E-state index contributed by atoms with van der Waals surface area (Å²) < 4.78 is 0. The van der Waals surface area contributed by atoms with Crippen LogP contribution in [0.4, 0.5) is 23.1 Å². The van der Waals surface area contributed by atoms with Crippen molar-refractivity contribution in [3.05, 3.63) is 60.3 Å². The molecule has 0 unspecified atom stereocenters. The predicted molar refractivity (Wildman–Crippen MR) is 89.5 cm³/mol. The van der Waals surface area contributed by atoms with Gasteiger partial charge in [0.25, 0.3) is 0 Å². The molecule has 24 heavy (non-hydrogen) atoms. The summed E-state index contributed by atoms with van der Waals surface area (Å²) in [6, 6.07) is 15.0. The molecule has 0 spiro atoms. The number of phenolic OH excluding ortho intramolecular Hbond substituents is 2. The van der Waals surface area contributed by atoms with Crippen LogP contribution in [-0.4, -0.2) is 20.2 Å². The molecule has 0 aliphatic heterocycles. The van der Waals surface area contributed by atoms with Crippen molar-refractivity contribution in [1.82, 2.24) is 9.97 Å². The quantitative estimate of drug-likeness (QED) is 0.583. The molecular weight excluding hydrogens is 306 g/mol. The summed E-state index contributed by atoms with van der Waals surface area (Å²) in [7, 11) is 0. The number of nitrogens with one attached hydrogen (secondary N) is 2. The molecule has 0 aliphatic carbocycles. The molecule has 0 bridgehead atoms. The van der Waals surface area contributed by atoms with Crippen LogP contribution in [0.1, 0.15) is 5.56 Å². The van der Waals surface area contributed by atoms with E-state index in [0.29, 0.717) is 17.2 Å². The van der Waals surface area contributed by atoms with Gasteiger partial charge in [-0.2, -0.15) is 10.2 Å². The molecule has 3 rings (SSSR count). The van der Waals surface area contributed by atoms with Crippen LogP contribution in [0.15, 0.2) is 54.7 Å². The highest BCUT2D eigenvalue weighted by Gasteiger charge is 2.08. The maximum absolute atomic E-state index is 9.52. The van der Waals surface area contributed by atoms with Gasteiger partial charge in [0.05, 0.1) is 6.20 Å². The smallest absolute Gasteiger partial charge is 0.229 e. The van der Waals surface area contributed by atoms with Crippen LogP contribution in [0.3, 0.4) is 0 Å². The summed E-state index contributed by atoms with van der Waals surface area (Å²) in [6.45, 7) is 0. The predicted octanol–water partition coefficient (Wildman–Crippen LogP) is 3.25. The first-order valence-corrected chi connectivity index (χ1v) is 7.03. The number of anilines is 4. The van der Waals surface area contributed by atoms with Gasteiger partial charge in [0.2, 0.25) is 5.95 Å². The lowest BCUT2D eigenvalue weighted by Gasteiger charge is -2.10. The van der Waals surface area contributed by atoms with E-state index < -0.39 is 0 Å². The van der Waals surface area contributed by atoms with Crippen LogP contribution >= 0.6 is 0 Å². The fourth-order valence-corrected chi connectivity index (χ4v) is 2.05. The molecule has 7 nitrogen and oxygen atoms in total. The van der Waals surface area contributed by atoms with E-state index in [-0.39, 0.29) is 23.0 Å². The third-order valence-corrected chi connectivity index (χ3v) is 3.12. The van der Waals surface area contributed by atoms with E-state index in [0.717, 1.165) is 0 Å². The van der Waals surface area contributed by atoms with Crippen molar-refractivity contribution in [2.45, 2.75) is 0 Å². The van der Waals surface area contributed by atoms with Crippen LogP contribution in [0, 0.1) is 11.3 Å². The second kappa shape index (κ2) is 6.54. The Balaban J connectivity index is 1.89. The molecule has 0 amide bonds. The topological polar surface area (TPSA) is 114 Å². The van der Waals surface area contributed by atoms with E-state index in [1.54, 1.807) is 36.4 Å². The van der Waals surface area contributed by atoms with E-state index in [1.165, 1.54) is 18.3 Å². The zero-order valence-corrected chi connectivity index (χ0v) is 12.4. The molecule has 0 saturated carbocycles. The van der Waals surface area contributed by atoms with E-state index in [2.05, 4.69) is 20.6 Å². The van der Waals surface area contributed by atoms with E-state index in [1.807, 2.05) is 6.07 Å². The monoisotopic (exact) mass is 319 g/mol. The minimum atomic E-state index is 0.102. The van der Waals surface area contributed by atoms with Crippen LogP contribution in [-0.2, 0) is 0 Å². The first-order valence-electron chi connectivity index (χ1n) is 7.03. The number of aromatic hydroxyl groups is 2. The minimum Gasteiger partial charge on any atom is -0.508 e. The van der Waals surface area contributed by atoms with Crippen LogP contribution < -0.4 is 10.6 Å². The lowest BCUT2D eigenvalue weighted by atomic mass is 10.2. The Morgan fingerprint density at radius 1 is 0.917 bits per heavy atom. The first-order chi connectivity index (χ1) is 11.6. The van der Waals surface area contributed by atoms with Crippen molar-refractivity contribution in [3.8, 4) is 17.6 Å². The molecule has 0 saturated heterocycles. The molecule has 1 aromatic heterocycles. The number of hydrogen-bond acceptors (Lipinski definition) is 7. The van der Waals surface area contributed by atoms with Crippen molar-refractivity contribution in [3.63, 3.8) is 0 Å². The fraction of sp³-hybridized carbons (Fsp3) is 0. The fourth-order valence-electron chi connectivity index (χ4n) is 2.05. The Kier molecular flexibility index (Phi) is 4.12. The van der Waals surface area contributed by atoms with Gasteiger partial charge in [-0.3, -0.25) is 0 Å². The summed E-state index contributed by atoms with van der Waals surface area (Å²) in [5.41, 5.74) is 1.47. The van der Waals surface area contributed by atoms with Gasteiger partial charge in [0.15, 0.2) is 5.82 Å². The zero-order valence-electron chi connectivity index (χ0n) is 12.4. The van der Waals surface area contributed by atoms with Gasteiger partial charge >= 0.3 is 0 Å². The standard InChI is InChI=1S/C17H13N5O2/c18-9-11-10-19-17(21-13-4-2-6-15(24)8-13)22-16(11)20-12-3-1-5-14(23)7-12/h1-8,10,23-24H,(H2,19,20,21,22). The normalized spacial score (nSPS) is 9.96. The molecule has 118 valence electrons. The van der Waals surface area contributed by atoms with Crippen LogP contribution in [0.25, 0.3) is 0 Å². The number of nitriles is 1. The lowest BCUT2D eigenvalue weighted by Crippen LogP contribution is -2.03. The van der Waals surface area contributed by atoms with Gasteiger partial charge in [0.1, 0.15) is 23.1 Å². The van der Waals surface area contributed by atoms with Crippen LogP contribution in [0.5, 0.6) is 11.5 Å². The molecule has 0 radical (unpaired) electrons. The highest BCUT2D eigenvalue weighted by atomic mass is 16.3. The Bertz CT molecular complexity index is 921. The molecule has 3 aromatic rings. The molecule has 0 fully saturated rings. The first kappa shape index (κ1) is 15.1. The number of nitrogens with zero attached hydrogens (tertiary/aromatic N) is 3. The third-order valence-electron chi connectivity index (χ3n) is 3.12. The average molecular weight is 319 g/mol. The zero-order chi connectivity index (χ0) is 16.9. The van der Waals surface area contributed by atoms with Crippen molar-refractivity contribution in [2.24, 2.45) is 0 Å². The Labute approximate surface area is 137 Å². The summed E-state index contributed by atoms with van der Waals surface area (Å²) >= 11 is 0. The Morgan fingerprint density at radius 2 is 1.54 bits per heavy atom. The molecule has 1 heterocycles. The average Bonchev–Trinajstić information content (AvgIpc) is 2.55. The van der Waals surface area contributed by atoms with E-state index in [4.69, 9.17) is 0 Å². The van der Waals surface area contributed by atoms with Crippen molar-refractivity contribution in [2.75, 3.05) is 10.6 Å². The van der Waals surface area contributed by atoms with E-state index in [9.17, 15) is 15.5 Å². The molecule has 2 aromatic carbocycles. The summed E-state index contributed by atoms with van der Waals surface area (Å²) in [5.74, 6) is 0.792. The Morgan fingerprint density at radius 3 is 2.12 bits per heavy atom. The second-order valence-electron chi connectivity index (χ2n) is 4.92. The molecule has 0 atom stereocenters.